The molecule has 2 aromatic carbocycles. The molecule has 0 aliphatic carbocycles. The summed E-state index contributed by atoms with van der Waals surface area (Å²) in [6, 6.07) is 12.0. The molecule has 0 radical (unpaired) electrons. The van der Waals surface area contributed by atoms with Crippen LogP contribution in [0.2, 0.25) is 0 Å². The molecule has 0 fully saturated rings. The van der Waals surface area contributed by atoms with Gasteiger partial charge in [-0.25, -0.2) is 14.1 Å². The maximum Gasteiger partial charge on any atom is 0.249 e. The van der Waals surface area contributed by atoms with Gasteiger partial charge in [-0.05, 0) is 55.0 Å². The van der Waals surface area contributed by atoms with Gasteiger partial charge in [-0.3, -0.25) is 9.59 Å². The third-order valence-corrected chi connectivity index (χ3v) is 3.93. The number of carbonyl (C=O) groups is 2. The molecule has 0 aliphatic heterocycles. The Hall–Kier alpha value is -3.81. The van der Waals surface area contributed by atoms with Gasteiger partial charge in [0.25, 0.3) is 0 Å². The van der Waals surface area contributed by atoms with E-state index in [1.165, 1.54) is 35.5 Å². The molecule has 2 N–H and O–H groups in total. The van der Waals surface area contributed by atoms with Gasteiger partial charge < -0.3 is 10.6 Å². The molecule has 28 heavy (non-hydrogen) atoms. The summed E-state index contributed by atoms with van der Waals surface area (Å²) in [6.07, 6.45) is 5.80. The number of hydrogen-bond donors (Lipinski definition) is 2. The molecule has 0 spiro atoms. The van der Waals surface area contributed by atoms with Crippen LogP contribution in [0.15, 0.2) is 67.3 Å². The molecule has 0 saturated carbocycles. The summed E-state index contributed by atoms with van der Waals surface area (Å²) in [6.45, 7) is 1.71. The predicted molar refractivity (Wildman–Crippen MR) is 104 cm³/mol. The Morgan fingerprint density at radius 3 is 2.29 bits per heavy atom. The van der Waals surface area contributed by atoms with Crippen LogP contribution in [0, 0.1) is 5.82 Å². The van der Waals surface area contributed by atoms with Crippen molar-refractivity contribution in [3.63, 3.8) is 0 Å². The summed E-state index contributed by atoms with van der Waals surface area (Å²) in [4.78, 5) is 28.0. The fourth-order valence-electron chi connectivity index (χ4n) is 2.35. The topological polar surface area (TPSA) is 88.9 Å². The first-order chi connectivity index (χ1) is 13.5. The zero-order valence-electron chi connectivity index (χ0n) is 15.0. The average molecular weight is 379 g/mol. The highest BCUT2D eigenvalue weighted by atomic mass is 19.1. The first-order valence-electron chi connectivity index (χ1n) is 8.51. The van der Waals surface area contributed by atoms with E-state index in [0.717, 1.165) is 5.56 Å². The number of nitrogens with one attached hydrogen (secondary N) is 2. The standard InChI is InChI=1S/C20H18FN5O2/c1-14(26-13-22-12-23-26)20(28)25-18-9-7-17(8-10-18)24-19(27)11-4-15-2-5-16(21)6-3-15/h2-14H,1H3,(H,24,27)(H,25,28). The molecule has 7 nitrogen and oxygen atoms in total. The van der Waals surface area contributed by atoms with Gasteiger partial charge in [0.05, 0.1) is 0 Å². The molecule has 1 unspecified atom stereocenters. The van der Waals surface area contributed by atoms with Crippen molar-refractivity contribution in [2.75, 3.05) is 10.6 Å². The Labute approximate surface area is 160 Å². The zero-order valence-corrected chi connectivity index (χ0v) is 15.0. The van der Waals surface area contributed by atoms with Gasteiger partial charge in [0, 0.05) is 17.5 Å². The fourth-order valence-corrected chi connectivity index (χ4v) is 2.35. The summed E-state index contributed by atoms with van der Waals surface area (Å²) < 4.78 is 14.3. The van der Waals surface area contributed by atoms with E-state index in [2.05, 4.69) is 20.7 Å². The highest BCUT2D eigenvalue weighted by Gasteiger charge is 2.15. The summed E-state index contributed by atoms with van der Waals surface area (Å²) >= 11 is 0. The van der Waals surface area contributed by atoms with Crippen LogP contribution in [-0.2, 0) is 9.59 Å². The van der Waals surface area contributed by atoms with Crippen LogP contribution < -0.4 is 10.6 Å². The number of hydrogen-bond acceptors (Lipinski definition) is 4. The minimum atomic E-state index is -0.501. The molecule has 2 amide bonds. The highest BCUT2D eigenvalue weighted by molar-refractivity contribution is 6.02. The quantitative estimate of drug-likeness (QED) is 0.644. The zero-order chi connectivity index (χ0) is 19.9. The van der Waals surface area contributed by atoms with Crippen molar-refractivity contribution >= 4 is 29.3 Å². The Balaban J connectivity index is 1.54. The molecule has 0 aliphatic rings. The molecule has 3 aromatic rings. The van der Waals surface area contributed by atoms with E-state index in [1.54, 1.807) is 49.4 Å². The number of rotatable bonds is 6. The van der Waals surface area contributed by atoms with Crippen molar-refractivity contribution in [1.82, 2.24) is 14.8 Å². The normalized spacial score (nSPS) is 11.9. The smallest absolute Gasteiger partial charge is 0.249 e. The lowest BCUT2D eigenvalue weighted by atomic mass is 10.2. The van der Waals surface area contributed by atoms with E-state index in [0.29, 0.717) is 11.4 Å². The Morgan fingerprint density at radius 1 is 1.04 bits per heavy atom. The first kappa shape index (κ1) is 19.0. The summed E-state index contributed by atoms with van der Waals surface area (Å²) in [5, 5.41) is 9.43. The van der Waals surface area contributed by atoms with Crippen LogP contribution in [0.3, 0.4) is 0 Å². The lowest BCUT2D eigenvalue weighted by Gasteiger charge is -2.12. The van der Waals surface area contributed by atoms with E-state index in [-0.39, 0.29) is 17.6 Å². The van der Waals surface area contributed by atoms with E-state index < -0.39 is 6.04 Å². The maximum atomic E-state index is 12.9. The lowest BCUT2D eigenvalue weighted by Crippen LogP contribution is -2.24. The molecule has 1 atom stereocenters. The van der Waals surface area contributed by atoms with Crippen molar-refractivity contribution in [3.05, 3.63) is 78.6 Å². The number of nitrogens with zero attached hydrogens (tertiary/aromatic N) is 3. The minimum Gasteiger partial charge on any atom is -0.324 e. The van der Waals surface area contributed by atoms with Crippen molar-refractivity contribution in [2.45, 2.75) is 13.0 Å². The number of halogens is 1. The van der Waals surface area contributed by atoms with E-state index in [4.69, 9.17) is 0 Å². The van der Waals surface area contributed by atoms with Crippen LogP contribution in [0.1, 0.15) is 18.5 Å². The molecule has 0 saturated heterocycles. The number of amides is 2. The third-order valence-electron chi connectivity index (χ3n) is 3.93. The predicted octanol–water partition coefficient (Wildman–Crippen LogP) is 3.27. The maximum absolute atomic E-state index is 12.9. The summed E-state index contributed by atoms with van der Waals surface area (Å²) in [5.74, 6) is -0.880. The van der Waals surface area contributed by atoms with Crippen LogP contribution in [0.4, 0.5) is 15.8 Å². The molecule has 1 heterocycles. The van der Waals surface area contributed by atoms with Gasteiger partial charge in [0.1, 0.15) is 24.5 Å². The van der Waals surface area contributed by atoms with Crippen LogP contribution >= 0.6 is 0 Å². The molecule has 0 bridgehead atoms. The van der Waals surface area contributed by atoms with Gasteiger partial charge >= 0.3 is 0 Å². The molecule has 142 valence electrons. The van der Waals surface area contributed by atoms with Crippen LogP contribution in [0.5, 0.6) is 0 Å². The summed E-state index contributed by atoms with van der Waals surface area (Å²) in [5.41, 5.74) is 1.89. The fraction of sp³-hybridized carbons (Fsp3) is 0.100. The Morgan fingerprint density at radius 2 is 1.68 bits per heavy atom. The molecular weight excluding hydrogens is 361 g/mol. The van der Waals surface area contributed by atoms with E-state index in [9.17, 15) is 14.0 Å². The molecule has 1 aromatic heterocycles. The number of benzene rings is 2. The molecule has 8 heteroatoms. The van der Waals surface area contributed by atoms with Gasteiger partial charge in [-0.1, -0.05) is 12.1 Å². The average Bonchev–Trinajstić information content (AvgIpc) is 3.23. The van der Waals surface area contributed by atoms with Crippen molar-refractivity contribution in [2.24, 2.45) is 0 Å². The second kappa shape index (κ2) is 8.72. The third kappa shape index (κ3) is 5.10. The summed E-state index contributed by atoms with van der Waals surface area (Å²) in [7, 11) is 0. The lowest BCUT2D eigenvalue weighted by molar-refractivity contribution is -0.119. The van der Waals surface area contributed by atoms with Crippen LogP contribution in [0.25, 0.3) is 6.08 Å². The number of aromatic nitrogens is 3. The van der Waals surface area contributed by atoms with Crippen molar-refractivity contribution in [1.29, 1.82) is 0 Å². The Bertz CT molecular complexity index is 967. The monoisotopic (exact) mass is 379 g/mol. The second-order valence-corrected chi connectivity index (χ2v) is 5.99. The van der Waals surface area contributed by atoms with Crippen molar-refractivity contribution in [3.8, 4) is 0 Å². The van der Waals surface area contributed by atoms with Crippen LogP contribution in [-0.4, -0.2) is 26.6 Å². The first-order valence-corrected chi connectivity index (χ1v) is 8.51. The largest absolute Gasteiger partial charge is 0.324 e. The number of carbonyl (C=O) groups excluding carboxylic acids is 2. The van der Waals surface area contributed by atoms with Gasteiger partial charge in [-0.15, -0.1) is 0 Å². The highest BCUT2D eigenvalue weighted by Crippen LogP contribution is 2.15. The van der Waals surface area contributed by atoms with Gasteiger partial charge in [0.2, 0.25) is 11.8 Å². The Kier molecular flexibility index (Phi) is 5.91. The van der Waals surface area contributed by atoms with Crippen molar-refractivity contribution < 1.29 is 14.0 Å². The van der Waals surface area contributed by atoms with E-state index in [1.807, 2.05) is 0 Å². The molecular formula is C20H18FN5O2. The molecule has 3 rings (SSSR count). The van der Waals surface area contributed by atoms with E-state index >= 15 is 0 Å². The SMILES string of the molecule is CC(C(=O)Nc1ccc(NC(=O)C=Cc2ccc(F)cc2)cc1)n1cncn1. The number of anilines is 2. The second-order valence-electron chi connectivity index (χ2n) is 5.99. The van der Waals surface area contributed by atoms with Gasteiger partial charge in [0.15, 0.2) is 0 Å². The van der Waals surface area contributed by atoms with Gasteiger partial charge in [-0.2, -0.15) is 5.10 Å². The minimum absolute atomic E-state index is 0.232.